The van der Waals surface area contributed by atoms with Gasteiger partial charge in [0.2, 0.25) is 11.8 Å². The third-order valence-corrected chi connectivity index (χ3v) is 5.23. The molecule has 0 unspecified atom stereocenters. The first-order valence-electron chi connectivity index (χ1n) is 10.5. The molecule has 2 aliphatic rings. The molecule has 0 radical (unpaired) electrons. The molecule has 1 aliphatic heterocycles. The monoisotopic (exact) mass is 423 g/mol. The van der Waals surface area contributed by atoms with Gasteiger partial charge in [0.15, 0.2) is 0 Å². The van der Waals surface area contributed by atoms with Crippen molar-refractivity contribution in [1.82, 2.24) is 15.7 Å². The Bertz CT molecular complexity index is 668. The summed E-state index contributed by atoms with van der Waals surface area (Å²) >= 11 is 0. The van der Waals surface area contributed by atoms with Crippen LogP contribution in [0.2, 0.25) is 0 Å². The number of Topliss-reactive ketones (excluding diaryl/α,β-unsaturated/α-hetero) is 1. The summed E-state index contributed by atoms with van der Waals surface area (Å²) in [5.74, 6) is -3.11. The van der Waals surface area contributed by atoms with Crippen LogP contribution in [0, 0.1) is 5.92 Å². The van der Waals surface area contributed by atoms with Crippen LogP contribution in [0.15, 0.2) is 0 Å². The lowest BCUT2D eigenvalue weighted by atomic mass is 9.86. The van der Waals surface area contributed by atoms with Gasteiger partial charge in [0.1, 0.15) is 12.3 Å². The third-order valence-electron chi connectivity index (χ3n) is 5.23. The molecule has 1 saturated heterocycles. The quantitative estimate of drug-likeness (QED) is 0.516. The van der Waals surface area contributed by atoms with Gasteiger partial charge < -0.3 is 15.5 Å². The van der Waals surface area contributed by atoms with E-state index < -0.39 is 36.1 Å². The zero-order chi connectivity index (χ0) is 21.9. The molecule has 2 rings (SSSR count). The molecule has 0 aromatic carbocycles. The molecule has 0 bridgehead atoms. The standard InChI is InChI=1S/C20H29N3O7/c24-15(14-6-4-2-1-3-5-7-14)8-9-16(25)21-12-17(26)22-13-20(29)30-23-18(27)10-11-19(23)28/h14H,1-13H2,(H,21,25)(H,22,26). The van der Waals surface area contributed by atoms with Crippen molar-refractivity contribution < 1.29 is 33.6 Å². The Morgan fingerprint density at radius 3 is 2.00 bits per heavy atom. The minimum atomic E-state index is -0.969. The van der Waals surface area contributed by atoms with E-state index in [0.717, 1.165) is 38.5 Å². The Morgan fingerprint density at radius 1 is 0.800 bits per heavy atom. The fraction of sp³-hybridized carbons (Fsp3) is 0.700. The van der Waals surface area contributed by atoms with E-state index in [2.05, 4.69) is 15.5 Å². The molecular weight excluding hydrogens is 394 g/mol. The maximum atomic E-state index is 12.3. The van der Waals surface area contributed by atoms with Crippen LogP contribution in [-0.4, -0.2) is 53.5 Å². The van der Waals surface area contributed by atoms with Crippen molar-refractivity contribution in [2.75, 3.05) is 13.1 Å². The van der Waals surface area contributed by atoms with Gasteiger partial charge in [0.05, 0.1) is 6.54 Å². The lowest BCUT2D eigenvalue weighted by Gasteiger charge is -2.18. The first-order valence-corrected chi connectivity index (χ1v) is 10.5. The Balaban J connectivity index is 1.59. The second-order valence-electron chi connectivity index (χ2n) is 7.61. The van der Waals surface area contributed by atoms with Gasteiger partial charge in [0.25, 0.3) is 11.8 Å². The van der Waals surface area contributed by atoms with Crippen molar-refractivity contribution in [3.63, 3.8) is 0 Å². The van der Waals surface area contributed by atoms with Crippen LogP contribution in [-0.2, 0) is 33.6 Å². The summed E-state index contributed by atoms with van der Waals surface area (Å²) in [6, 6.07) is 0. The van der Waals surface area contributed by atoms with Crippen molar-refractivity contribution >= 4 is 35.4 Å². The first kappa shape index (κ1) is 23.5. The van der Waals surface area contributed by atoms with E-state index in [9.17, 15) is 28.8 Å². The SMILES string of the molecule is O=C(CCC(=O)C1CCCCCCC1)NCC(=O)NCC(=O)ON1C(=O)CCC1=O. The Hall–Kier alpha value is -2.78. The molecule has 30 heavy (non-hydrogen) atoms. The lowest BCUT2D eigenvalue weighted by Crippen LogP contribution is -2.41. The largest absolute Gasteiger partial charge is 0.352 e. The average Bonchev–Trinajstić information content (AvgIpc) is 3.00. The first-order chi connectivity index (χ1) is 14.4. The Kier molecular flexibility index (Phi) is 9.43. The molecule has 0 aromatic rings. The summed E-state index contributed by atoms with van der Waals surface area (Å²) in [7, 11) is 0. The minimum absolute atomic E-state index is 0.0177. The van der Waals surface area contributed by atoms with Crippen LogP contribution in [0.3, 0.4) is 0 Å². The highest BCUT2D eigenvalue weighted by Crippen LogP contribution is 2.24. The number of hydrogen-bond acceptors (Lipinski definition) is 7. The van der Waals surface area contributed by atoms with Crippen molar-refractivity contribution in [2.24, 2.45) is 5.92 Å². The van der Waals surface area contributed by atoms with Gasteiger partial charge in [-0.3, -0.25) is 24.0 Å². The molecule has 1 saturated carbocycles. The van der Waals surface area contributed by atoms with E-state index in [4.69, 9.17) is 0 Å². The number of carbonyl (C=O) groups excluding carboxylic acids is 6. The van der Waals surface area contributed by atoms with Gasteiger partial charge in [0, 0.05) is 31.6 Å². The fourth-order valence-electron chi connectivity index (χ4n) is 3.51. The number of amides is 4. The van der Waals surface area contributed by atoms with Crippen molar-refractivity contribution in [3.05, 3.63) is 0 Å². The molecule has 10 nitrogen and oxygen atoms in total. The van der Waals surface area contributed by atoms with Crippen LogP contribution < -0.4 is 10.6 Å². The van der Waals surface area contributed by atoms with Gasteiger partial charge in [-0.25, -0.2) is 4.79 Å². The summed E-state index contributed by atoms with van der Waals surface area (Å²) in [6.07, 6.45) is 7.51. The van der Waals surface area contributed by atoms with E-state index in [1.54, 1.807) is 0 Å². The summed E-state index contributed by atoms with van der Waals surface area (Å²) in [5.41, 5.74) is 0. The molecule has 2 fully saturated rings. The number of carbonyl (C=O) groups is 6. The highest BCUT2D eigenvalue weighted by Gasteiger charge is 2.32. The molecule has 2 N–H and O–H groups in total. The van der Waals surface area contributed by atoms with Gasteiger partial charge in [-0.1, -0.05) is 32.1 Å². The second-order valence-corrected chi connectivity index (χ2v) is 7.61. The zero-order valence-corrected chi connectivity index (χ0v) is 17.1. The number of imide groups is 1. The smallest absolute Gasteiger partial charge is 0.347 e. The van der Waals surface area contributed by atoms with Crippen molar-refractivity contribution in [2.45, 2.75) is 70.6 Å². The maximum absolute atomic E-state index is 12.3. The summed E-state index contributed by atoms with van der Waals surface area (Å²) < 4.78 is 0. The summed E-state index contributed by atoms with van der Waals surface area (Å²) in [4.78, 5) is 74.8. The number of rotatable bonds is 9. The number of nitrogens with one attached hydrogen (secondary N) is 2. The predicted molar refractivity (Wildman–Crippen MR) is 103 cm³/mol. The molecule has 0 aromatic heterocycles. The van der Waals surface area contributed by atoms with E-state index in [0.29, 0.717) is 5.06 Å². The van der Waals surface area contributed by atoms with E-state index >= 15 is 0 Å². The molecule has 1 aliphatic carbocycles. The normalized spacial score (nSPS) is 17.8. The zero-order valence-electron chi connectivity index (χ0n) is 17.1. The third kappa shape index (κ3) is 7.92. The Morgan fingerprint density at radius 2 is 1.37 bits per heavy atom. The predicted octanol–water partition coefficient (Wildman–Crippen LogP) is 0.536. The van der Waals surface area contributed by atoms with Crippen molar-refractivity contribution in [3.8, 4) is 0 Å². The summed E-state index contributed by atoms with van der Waals surface area (Å²) in [5, 5.41) is 5.02. The van der Waals surface area contributed by atoms with E-state index in [1.807, 2.05) is 0 Å². The second kappa shape index (κ2) is 12.0. The van der Waals surface area contributed by atoms with E-state index in [1.165, 1.54) is 6.42 Å². The molecule has 4 amide bonds. The maximum Gasteiger partial charge on any atom is 0.352 e. The summed E-state index contributed by atoms with van der Waals surface area (Å²) in [6.45, 7) is -0.906. The number of hydrogen-bond donors (Lipinski definition) is 2. The molecule has 0 atom stereocenters. The van der Waals surface area contributed by atoms with E-state index in [-0.39, 0.29) is 43.9 Å². The topological polar surface area (TPSA) is 139 Å². The molecule has 1 heterocycles. The number of ketones is 1. The minimum Gasteiger partial charge on any atom is -0.347 e. The van der Waals surface area contributed by atoms with Crippen molar-refractivity contribution in [1.29, 1.82) is 0 Å². The van der Waals surface area contributed by atoms with Crippen LogP contribution >= 0.6 is 0 Å². The van der Waals surface area contributed by atoms with Gasteiger partial charge in [-0.2, -0.15) is 0 Å². The molecule has 166 valence electrons. The van der Waals surface area contributed by atoms with Gasteiger partial charge in [-0.05, 0) is 12.8 Å². The Labute approximate surface area is 175 Å². The fourth-order valence-corrected chi connectivity index (χ4v) is 3.51. The van der Waals surface area contributed by atoms with Gasteiger partial charge in [-0.15, -0.1) is 5.06 Å². The van der Waals surface area contributed by atoms with Crippen LogP contribution in [0.1, 0.15) is 70.6 Å². The van der Waals surface area contributed by atoms with Crippen LogP contribution in [0.4, 0.5) is 0 Å². The average molecular weight is 423 g/mol. The molecule has 10 heteroatoms. The number of hydroxylamine groups is 2. The molecule has 0 spiro atoms. The highest BCUT2D eigenvalue weighted by molar-refractivity contribution is 6.01. The van der Waals surface area contributed by atoms with Crippen LogP contribution in [0.25, 0.3) is 0 Å². The van der Waals surface area contributed by atoms with Gasteiger partial charge >= 0.3 is 5.97 Å². The van der Waals surface area contributed by atoms with Crippen LogP contribution in [0.5, 0.6) is 0 Å². The molecular formula is C20H29N3O7. The lowest BCUT2D eigenvalue weighted by molar-refractivity contribution is -0.196. The number of nitrogens with zero attached hydrogens (tertiary/aromatic N) is 1. The highest BCUT2D eigenvalue weighted by atomic mass is 16.7.